The molecular formula is C17H13N3O5S. The number of esters is 1. The van der Waals surface area contributed by atoms with Crippen LogP contribution in [0.2, 0.25) is 0 Å². The van der Waals surface area contributed by atoms with Crippen molar-refractivity contribution in [2.75, 3.05) is 5.32 Å². The molecule has 9 heteroatoms. The van der Waals surface area contributed by atoms with Crippen molar-refractivity contribution in [3.8, 4) is 11.7 Å². The first-order valence-corrected chi connectivity index (χ1v) is 8.65. The summed E-state index contributed by atoms with van der Waals surface area (Å²) in [7, 11) is 0. The van der Waals surface area contributed by atoms with Crippen LogP contribution in [0.5, 0.6) is 0 Å². The number of carbonyl (C=O) groups excluding carboxylic acids is 2. The van der Waals surface area contributed by atoms with E-state index in [9.17, 15) is 9.59 Å². The van der Waals surface area contributed by atoms with Crippen LogP contribution < -0.4 is 5.32 Å². The van der Waals surface area contributed by atoms with Gasteiger partial charge in [-0.2, -0.15) is 0 Å². The smallest absolute Gasteiger partial charge is 0.307 e. The molecule has 0 radical (unpaired) electrons. The fourth-order valence-electron chi connectivity index (χ4n) is 2.39. The largest absolute Gasteiger partial charge is 0.459 e. The van der Waals surface area contributed by atoms with E-state index in [4.69, 9.17) is 13.6 Å². The van der Waals surface area contributed by atoms with Gasteiger partial charge in [0.1, 0.15) is 0 Å². The summed E-state index contributed by atoms with van der Waals surface area (Å²) in [5.41, 5.74) is 0.753. The Labute approximate surface area is 151 Å². The molecule has 4 rings (SSSR count). The molecular weight excluding hydrogens is 358 g/mol. The number of benzene rings is 1. The second-order valence-electron chi connectivity index (χ2n) is 5.43. The highest BCUT2D eigenvalue weighted by atomic mass is 32.2. The highest BCUT2D eigenvalue weighted by Crippen LogP contribution is 2.36. The van der Waals surface area contributed by atoms with Crippen molar-refractivity contribution in [1.82, 2.24) is 10.2 Å². The fourth-order valence-corrected chi connectivity index (χ4v) is 3.49. The van der Waals surface area contributed by atoms with Gasteiger partial charge >= 0.3 is 5.97 Å². The first kappa shape index (κ1) is 16.4. The minimum atomic E-state index is -0.543. The van der Waals surface area contributed by atoms with Crippen LogP contribution in [0.25, 0.3) is 11.7 Å². The van der Waals surface area contributed by atoms with Gasteiger partial charge in [-0.05, 0) is 24.3 Å². The van der Waals surface area contributed by atoms with Gasteiger partial charge in [0.2, 0.25) is 5.91 Å². The molecule has 1 amide bonds. The minimum Gasteiger partial charge on any atom is -0.459 e. The maximum atomic E-state index is 12.1. The molecule has 0 bridgehead atoms. The maximum Gasteiger partial charge on any atom is 0.307 e. The number of hydrogen-bond acceptors (Lipinski definition) is 8. The van der Waals surface area contributed by atoms with E-state index >= 15 is 0 Å². The van der Waals surface area contributed by atoms with Crippen LogP contribution in [-0.4, -0.2) is 27.3 Å². The third kappa shape index (κ3) is 3.47. The summed E-state index contributed by atoms with van der Waals surface area (Å²) in [6.45, 7) is -0.165. The number of fused-ring (bicyclic) bond motifs is 1. The molecule has 132 valence electrons. The van der Waals surface area contributed by atoms with Crippen LogP contribution in [0.1, 0.15) is 12.3 Å². The lowest BCUT2D eigenvalue weighted by Gasteiger charge is -2.23. The summed E-state index contributed by atoms with van der Waals surface area (Å²) in [5.74, 6) is 0.0538. The molecule has 26 heavy (non-hydrogen) atoms. The number of rotatable bonds is 5. The Bertz CT molecular complexity index is 938. The van der Waals surface area contributed by atoms with Crippen LogP contribution in [0.3, 0.4) is 0 Å². The van der Waals surface area contributed by atoms with E-state index in [0.717, 1.165) is 10.6 Å². The number of amides is 1. The normalized spacial score (nSPS) is 16.0. The summed E-state index contributed by atoms with van der Waals surface area (Å²) in [4.78, 5) is 25.1. The molecule has 1 aliphatic heterocycles. The van der Waals surface area contributed by atoms with Gasteiger partial charge in [0.05, 0.1) is 23.6 Å². The topological polar surface area (TPSA) is 107 Å². The van der Waals surface area contributed by atoms with Crippen molar-refractivity contribution in [3.05, 3.63) is 48.6 Å². The highest BCUT2D eigenvalue weighted by molar-refractivity contribution is 8.01. The van der Waals surface area contributed by atoms with E-state index in [0.29, 0.717) is 5.76 Å². The highest BCUT2D eigenvalue weighted by Gasteiger charge is 2.29. The Hall–Kier alpha value is -3.07. The van der Waals surface area contributed by atoms with Crippen LogP contribution in [0.15, 0.2) is 56.4 Å². The monoisotopic (exact) mass is 371 g/mol. The number of aromatic nitrogens is 2. The Morgan fingerprint density at radius 1 is 1.23 bits per heavy atom. The maximum absolute atomic E-state index is 12.1. The summed E-state index contributed by atoms with van der Waals surface area (Å²) < 4.78 is 15.6. The lowest BCUT2D eigenvalue weighted by Crippen LogP contribution is -2.31. The number of carbonyl (C=O) groups is 2. The van der Waals surface area contributed by atoms with Crippen LogP contribution in [0, 0.1) is 0 Å². The lowest BCUT2D eigenvalue weighted by molar-refractivity contribution is -0.146. The van der Waals surface area contributed by atoms with E-state index in [2.05, 4.69) is 15.5 Å². The SMILES string of the molecule is O=C(C[C@@H]1Sc2ccccc2NC1=O)OCc1nnc(-c2ccco2)o1. The Morgan fingerprint density at radius 2 is 2.12 bits per heavy atom. The molecule has 1 atom stereocenters. The fraction of sp³-hybridized carbons (Fsp3) is 0.176. The molecule has 0 saturated carbocycles. The van der Waals surface area contributed by atoms with Gasteiger partial charge in [-0.15, -0.1) is 22.0 Å². The molecule has 3 heterocycles. The summed E-state index contributed by atoms with van der Waals surface area (Å²) in [6.07, 6.45) is 1.44. The van der Waals surface area contributed by atoms with Crippen molar-refractivity contribution in [2.24, 2.45) is 0 Å². The van der Waals surface area contributed by atoms with Crippen molar-refractivity contribution >= 4 is 29.3 Å². The molecule has 0 unspecified atom stereocenters. The Kier molecular flexibility index (Phi) is 4.44. The number of hydrogen-bond donors (Lipinski definition) is 1. The average Bonchev–Trinajstić information content (AvgIpc) is 3.32. The van der Waals surface area contributed by atoms with E-state index in [1.165, 1.54) is 18.0 Å². The predicted octanol–water partition coefficient (Wildman–Crippen LogP) is 2.88. The number of ether oxygens (including phenoxy) is 1. The average molecular weight is 371 g/mol. The molecule has 3 aromatic rings. The zero-order valence-corrected chi connectivity index (χ0v) is 14.2. The second-order valence-corrected chi connectivity index (χ2v) is 6.68. The molecule has 1 aliphatic rings. The van der Waals surface area contributed by atoms with E-state index < -0.39 is 11.2 Å². The molecule has 0 fully saturated rings. The lowest BCUT2D eigenvalue weighted by atomic mass is 10.2. The van der Waals surface area contributed by atoms with Gasteiger partial charge in [0.15, 0.2) is 12.4 Å². The number of nitrogens with one attached hydrogen (secondary N) is 1. The zero-order chi connectivity index (χ0) is 17.9. The summed E-state index contributed by atoms with van der Waals surface area (Å²) in [5, 5.41) is 9.86. The standard InChI is InChI=1S/C17H13N3O5S/c21-15(8-13-16(22)18-10-4-1-2-6-12(10)26-13)24-9-14-19-20-17(25-14)11-5-3-7-23-11/h1-7,13H,8-9H2,(H,18,22)/t13-/m0/s1. The third-order valence-corrected chi connectivity index (χ3v) is 4.89. The zero-order valence-electron chi connectivity index (χ0n) is 13.4. The number of thioether (sulfide) groups is 1. The van der Waals surface area contributed by atoms with Gasteiger partial charge in [-0.1, -0.05) is 12.1 Å². The quantitative estimate of drug-likeness (QED) is 0.682. The van der Waals surface area contributed by atoms with E-state index in [1.807, 2.05) is 24.3 Å². The third-order valence-electron chi connectivity index (χ3n) is 3.61. The minimum absolute atomic E-state index is 0.0516. The van der Waals surface area contributed by atoms with Crippen molar-refractivity contribution in [3.63, 3.8) is 0 Å². The Balaban J connectivity index is 1.33. The van der Waals surface area contributed by atoms with Gasteiger partial charge in [0, 0.05) is 4.90 Å². The van der Waals surface area contributed by atoms with E-state index in [1.54, 1.807) is 12.1 Å². The Morgan fingerprint density at radius 3 is 2.96 bits per heavy atom. The van der Waals surface area contributed by atoms with Crippen LogP contribution in [0.4, 0.5) is 5.69 Å². The molecule has 2 aromatic heterocycles. The number of para-hydroxylation sites is 1. The molecule has 0 aliphatic carbocycles. The summed E-state index contributed by atoms with van der Waals surface area (Å²) in [6, 6.07) is 10.8. The van der Waals surface area contributed by atoms with Crippen molar-refractivity contribution < 1.29 is 23.2 Å². The van der Waals surface area contributed by atoms with Crippen molar-refractivity contribution in [2.45, 2.75) is 23.2 Å². The molecule has 1 aromatic carbocycles. The molecule has 0 saturated heterocycles. The predicted molar refractivity (Wildman–Crippen MR) is 91.1 cm³/mol. The van der Waals surface area contributed by atoms with E-state index in [-0.39, 0.29) is 30.7 Å². The van der Waals surface area contributed by atoms with Gasteiger partial charge in [-0.25, -0.2) is 0 Å². The summed E-state index contributed by atoms with van der Waals surface area (Å²) >= 11 is 1.34. The first-order chi connectivity index (χ1) is 12.7. The number of furan rings is 1. The van der Waals surface area contributed by atoms with Crippen LogP contribution >= 0.6 is 11.8 Å². The first-order valence-electron chi connectivity index (χ1n) is 7.77. The number of anilines is 1. The van der Waals surface area contributed by atoms with Gasteiger partial charge in [0.25, 0.3) is 11.8 Å². The molecule has 0 spiro atoms. The molecule has 8 nitrogen and oxygen atoms in total. The second kappa shape index (κ2) is 7.04. The number of nitrogens with zero attached hydrogens (tertiary/aromatic N) is 2. The molecule has 1 N–H and O–H groups in total. The van der Waals surface area contributed by atoms with Gasteiger partial charge in [-0.3, -0.25) is 9.59 Å². The van der Waals surface area contributed by atoms with Crippen molar-refractivity contribution in [1.29, 1.82) is 0 Å². The van der Waals surface area contributed by atoms with Crippen LogP contribution in [-0.2, 0) is 20.9 Å². The van der Waals surface area contributed by atoms with Gasteiger partial charge < -0.3 is 18.9 Å².